The van der Waals surface area contributed by atoms with Gasteiger partial charge in [-0.1, -0.05) is 41.9 Å². The summed E-state index contributed by atoms with van der Waals surface area (Å²) in [7, 11) is 0. The van der Waals surface area contributed by atoms with E-state index in [4.69, 9.17) is 11.6 Å². The summed E-state index contributed by atoms with van der Waals surface area (Å²) >= 11 is 5.89. The highest BCUT2D eigenvalue weighted by Gasteiger charge is 2.26. The van der Waals surface area contributed by atoms with E-state index in [1.807, 2.05) is 36.4 Å². The quantitative estimate of drug-likeness (QED) is 0.855. The van der Waals surface area contributed by atoms with Crippen LogP contribution in [0.15, 0.2) is 48.5 Å². The molecule has 3 rings (SSSR count). The van der Waals surface area contributed by atoms with Gasteiger partial charge in [-0.3, -0.25) is 9.59 Å². The lowest BCUT2D eigenvalue weighted by Gasteiger charge is -2.24. The van der Waals surface area contributed by atoms with Crippen LogP contribution in [-0.4, -0.2) is 29.8 Å². The molecule has 1 aliphatic rings. The van der Waals surface area contributed by atoms with Gasteiger partial charge in [-0.25, -0.2) is 0 Å². The standard InChI is InChI=1S/C19H19ClN2O2/c1-14(23)21(12-15-6-8-17(20)9-7-15)13-19(24)22-11-10-16-4-2-3-5-18(16)22/h2-9H,10-13H2,1H3. The van der Waals surface area contributed by atoms with Gasteiger partial charge in [0.15, 0.2) is 0 Å². The number of nitrogens with zero attached hydrogens (tertiary/aromatic N) is 2. The monoisotopic (exact) mass is 342 g/mol. The van der Waals surface area contributed by atoms with Gasteiger partial charge in [0.25, 0.3) is 0 Å². The van der Waals surface area contributed by atoms with Crippen molar-refractivity contribution in [1.29, 1.82) is 0 Å². The lowest BCUT2D eigenvalue weighted by atomic mass is 10.2. The normalized spacial score (nSPS) is 12.8. The molecule has 2 aromatic rings. The molecular formula is C19H19ClN2O2. The number of halogens is 1. The summed E-state index contributed by atoms with van der Waals surface area (Å²) in [5, 5.41) is 0.651. The van der Waals surface area contributed by atoms with E-state index >= 15 is 0 Å². The molecule has 0 atom stereocenters. The number of hydrogen-bond acceptors (Lipinski definition) is 2. The number of hydrogen-bond donors (Lipinski definition) is 0. The number of rotatable bonds is 4. The van der Waals surface area contributed by atoms with Crippen molar-refractivity contribution in [3.8, 4) is 0 Å². The first-order valence-electron chi connectivity index (χ1n) is 7.93. The van der Waals surface area contributed by atoms with Crippen LogP contribution in [0.3, 0.4) is 0 Å². The number of carbonyl (C=O) groups is 2. The second-order valence-electron chi connectivity index (χ2n) is 5.93. The number of para-hydroxylation sites is 1. The molecule has 2 aromatic carbocycles. The summed E-state index contributed by atoms with van der Waals surface area (Å²) in [5.74, 6) is -0.171. The molecule has 4 nitrogen and oxygen atoms in total. The van der Waals surface area contributed by atoms with Crippen LogP contribution in [0, 0.1) is 0 Å². The molecule has 0 bridgehead atoms. The van der Waals surface area contributed by atoms with Crippen molar-refractivity contribution in [2.24, 2.45) is 0 Å². The van der Waals surface area contributed by atoms with Crippen molar-refractivity contribution in [2.75, 3.05) is 18.0 Å². The SMILES string of the molecule is CC(=O)N(CC(=O)N1CCc2ccccc21)Cc1ccc(Cl)cc1. The van der Waals surface area contributed by atoms with Crippen LogP contribution in [0.4, 0.5) is 5.69 Å². The average Bonchev–Trinajstić information content (AvgIpc) is 3.00. The van der Waals surface area contributed by atoms with Crippen LogP contribution in [0.25, 0.3) is 0 Å². The van der Waals surface area contributed by atoms with Gasteiger partial charge >= 0.3 is 0 Å². The van der Waals surface area contributed by atoms with Gasteiger partial charge in [0.2, 0.25) is 11.8 Å². The van der Waals surface area contributed by atoms with Crippen molar-refractivity contribution in [1.82, 2.24) is 4.90 Å². The van der Waals surface area contributed by atoms with Crippen molar-refractivity contribution in [3.05, 3.63) is 64.7 Å². The van der Waals surface area contributed by atoms with Gasteiger partial charge in [0.05, 0.1) is 0 Å². The number of benzene rings is 2. The fraction of sp³-hybridized carbons (Fsp3) is 0.263. The Bertz CT molecular complexity index is 758. The van der Waals surface area contributed by atoms with Crippen molar-refractivity contribution >= 4 is 29.1 Å². The van der Waals surface area contributed by atoms with E-state index in [2.05, 4.69) is 0 Å². The first kappa shape index (κ1) is 16.5. The van der Waals surface area contributed by atoms with E-state index in [1.54, 1.807) is 21.9 Å². The number of amides is 2. The van der Waals surface area contributed by atoms with Crippen molar-refractivity contribution in [3.63, 3.8) is 0 Å². The first-order chi connectivity index (χ1) is 11.5. The Morgan fingerprint density at radius 3 is 2.54 bits per heavy atom. The molecule has 1 aliphatic heterocycles. The summed E-state index contributed by atoms with van der Waals surface area (Å²) in [6.07, 6.45) is 0.860. The molecule has 0 radical (unpaired) electrons. The minimum Gasteiger partial charge on any atom is -0.329 e. The van der Waals surface area contributed by atoms with E-state index in [0.29, 0.717) is 18.1 Å². The highest BCUT2D eigenvalue weighted by molar-refractivity contribution is 6.30. The van der Waals surface area contributed by atoms with E-state index < -0.39 is 0 Å². The molecule has 5 heteroatoms. The minimum absolute atomic E-state index is 0.0517. The molecule has 2 amide bonds. The Morgan fingerprint density at radius 1 is 1.12 bits per heavy atom. The van der Waals surface area contributed by atoms with E-state index in [9.17, 15) is 9.59 Å². The molecule has 0 N–H and O–H groups in total. The Labute approximate surface area is 146 Å². The third-order valence-electron chi connectivity index (χ3n) is 4.25. The lowest BCUT2D eigenvalue weighted by molar-refractivity contribution is -0.134. The average molecular weight is 343 g/mol. The highest BCUT2D eigenvalue weighted by Crippen LogP contribution is 2.27. The fourth-order valence-electron chi connectivity index (χ4n) is 2.93. The zero-order valence-electron chi connectivity index (χ0n) is 13.5. The van der Waals surface area contributed by atoms with Gasteiger partial charge in [-0.05, 0) is 35.7 Å². The maximum absolute atomic E-state index is 12.7. The maximum atomic E-state index is 12.7. The van der Waals surface area contributed by atoms with Crippen LogP contribution in [0.2, 0.25) is 5.02 Å². The number of fused-ring (bicyclic) bond motifs is 1. The van der Waals surface area contributed by atoms with Crippen molar-refractivity contribution in [2.45, 2.75) is 19.9 Å². The molecule has 24 heavy (non-hydrogen) atoms. The predicted molar refractivity (Wildman–Crippen MR) is 95.0 cm³/mol. The van der Waals surface area contributed by atoms with Crippen LogP contribution in [0.1, 0.15) is 18.1 Å². The zero-order valence-corrected chi connectivity index (χ0v) is 14.3. The predicted octanol–water partition coefficient (Wildman–Crippen LogP) is 3.28. The molecule has 0 unspecified atom stereocenters. The topological polar surface area (TPSA) is 40.6 Å². The molecular weight excluding hydrogens is 324 g/mol. The summed E-state index contributed by atoms with van der Waals surface area (Å²) < 4.78 is 0. The van der Waals surface area contributed by atoms with Crippen LogP contribution < -0.4 is 4.90 Å². The minimum atomic E-state index is -0.120. The second-order valence-corrected chi connectivity index (χ2v) is 6.36. The van der Waals surface area contributed by atoms with E-state index in [1.165, 1.54) is 12.5 Å². The van der Waals surface area contributed by atoms with Gasteiger partial charge in [-0.15, -0.1) is 0 Å². The highest BCUT2D eigenvalue weighted by atomic mass is 35.5. The third-order valence-corrected chi connectivity index (χ3v) is 4.50. The first-order valence-corrected chi connectivity index (χ1v) is 8.30. The summed E-state index contributed by atoms with van der Waals surface area (Å²) in [6.45, 7) is 2.63. The van der Waals surface area contributed by atoms with Crippen LogP contribution >= 0.6 is 11.6 Å². The summed E-state index contributed by atoms with van der Waals surface area (Å²) in [5.41, 5.74) is 3.08. The van der Waals surface area contributed by atoms with E-state index in [-0.39, 0.29) is 18.4 Å². The third kappa shape index (κ3) is 3.60. The fourth-order valence-corrected chi connectivity index (χ4v) is 3.06. The number of anilines is 1. The molecule has 0 aromatic heterocycles. The lowest BCUT2D eigenvalue weighted by Crippen LogP contribution is -2.41. The maximum Gasteiger partial charge on any atom is 0.246 e. The molecule has 0 saturated heterocycles. The Morgan fingerprint density at radius 2 is 1.83 bits per heavy atom. The van der Waals surface area contributed by atoms with E-state index in [0.717, 1.165) is 17.7 Å². The molecule has 1 heterocycles. The largest absolute Gasteiger partial charge is 0.329 e. The van der Waals surface area contributed by atoms with Gasteiger partial charge in [0.1, 0.15) is 6.54 Å². The van der Waals surface area contributed by atoms with Crippen molar-refractivity contribution < 1.29 is 9.59 Å². The van der Waals surface area contributed by atoms with Gasteiger partial charge in [0, 0.05) is 30.7 Å². The van der Waals surface area contributed by atoms with Gasteiger partial charge < -0.3 is 9.80 Å². The number of carbonyl (C=O) groups excluding carboxylic acids is 2. The molecule has 0 fully saturated rings. The Kier molecular flexibility index (Phi) is 4.86. The summed E-state index contributed by atoms with van der Waals surface area (Å²) in [6, 6.07) is 15.2. The molecule has 124 valence electrons. The molecule has 0 aliphatic carbocycles. The Hall–Kier alpha value is -2.33. The van der Waals surface area contributed by atoms with Crippen LogP contribution in [-0.2, 0) is 22.6 Å². The zero-order chi connectivity index (χ0) is 17.1. The van der Waals surface area contributed by atoms with Crippen LogP contribution in [0.5, 0.6) is 0 Å². The molecule has 0 spiro atoms. The smallest absolute Gasteiger partial charge is 0.246 e. The Balaban J connectivity index is 1.71. The summed E-state index contributed by atoms with van der Waals surface area (Å²) in [4.78, 5) is 28.0. The van der Waals surface area contributed by atoms with Gasteiger partial charge in [-0.2, -0.15) is 0 Å². The molecule has 0 saturated carbocycles. The second kappa shape index (κ2) is 7.05.